The maximum Gasteiger partial charge on any atom is 0.320 e. The van der Waals surface area contributed by atoms with Crippen molar-refractivity contribution in [2.24, 2.45) is 0 Å². The Morgan fingerprint density at radius 3 is 2.54 bits per heavy atom. The van der Waals surface area contributed by atoms with Gasteiger partial charge < -0.3 is 15.2 Å². The molecule has 0 fully saturated rings. The van der Waals surface area contributed by atoms with Crippen LogP contribution in [0.25, 0.3) is 0 Å². The van der Waals surface area contributed by atoms with Gasteiger partial charge in [-0.05, 0) is 31.5 Å². The molecule has 2 aromatic rings. The van der Waals surface area contributed by atoms with Gasteiger partial charge in [0.25, 0.3) is 0 Å². The van der Waals surface area contributed by atoms with E-state index in [2.05, 4.69) is 5.32 Å². The lowest BCUT2D eigenvalue weighted by Gasteiger charge is -2.16. The zero-order valence-electron chi connectivity index (χ0n) is 13.5. The van der Waals surface area contributed by atoms with Crippen molar-refractivity contribution >= 4 is 29.2 Å². The van der Waals surface area contributed by atoms with Crippen molar-refractivity contribution in [1.82, 2.24) is 5.32 Å². The molecule has 0 bridgehead atoms. The molecule has 2 aromatic carbocycles. The van der Waals surface area contributed by atoms with Crippen LogP contribution in [0.4, 0.5) is 0 Å². The monoisotopic (exact) mass is 367 g/mol. The van der Waals surface area contributed by atoms with Crippen LogP contribution < -0.4 is 10.1 Å². The Bertz CT molecular complexity index is 717. The number of hydrogen-bond acceptors (Lipinski definition) is 3. The van der Waals surface area contributed by atoms with Crippen LogP contribution in [0.2, 0.25) is 10.0 Å². The lowest BCUT2D eigenvalue weighted by Crippen LogP contribution is -2.33. The third-order valence-corrected chi connectivity index (χ3v) is 4.06. The van der Waals surface area contributed by atoms with E-state index in [1.165, 1.54) is 5.56 Å². The molecule has 0 aliphatic heterocycles. The van der Waals surface area contributed by atoms with Gasteiger partial charge in [-0.15, -0.1) is 0 Å². The number of rotatable bonds is 7. The molecule has 24 heavy (non-hydrogen) atoms. The molecule has 0 saturated carbocycles. The van der Waals surface area contributed by atoms with Gasteiger partial charge in [0.1, 0.15) is 18.4 Å². The van der Waals surface area contributed by atoms with E-state index in [-0.39, 0.29) is 6.54 Å². The Balaban J connectivity index is 2.14. The van der Waals surface area contributed by atoms with Crippen molar-refractivity contribution in [3.8, 4) is 5.75 Å². The van der Waals surface area contributed by atoms with E-state index in [1.54, 1.807) is 19.1 Å². The molecule has 1 unspecified atom stereocenters. The molecule has 2 rings (SSSR count). The molecule has 2 N–H and O–H groups in total. The van der Waals surface area contributed by atoms with Crippen LogP contribution in [0, 0.1) is 6.92 Å². The van der Waals surface area contributed by atoms with Gasteiger partial charge in [-0.1, -0.05) is 53.0 Å². The molecule has 0 spiro atoms. The molecule has 6 heteroatoms. The standard InChI is InChI=1S/C18H19Cl2NO3/c1-11-3-5-13(6-4-11)10-24-17-14(7-15(19)8-16(17)20)9-21-12(2)18(22)23/h3-8,12,21H,9-10H2,1-2H3,(H,22,23). The van der Waals surface area contributed by atoms with E-state index in [0.29, 0.717) is 28.0 Å². The number of carboxylic acid groups (broad SMARTS) is 1. The number of hydrogen-bond donors (Lipinski definition) is 2. The fraction of sp³-hybridized carbons (Fsp3) is 0.278. The largest absolute Gasteiger partial charge is 0.487 e. The first-order valence-electron chi connectivity index (χ1n) is 7.49. The van der Waals surface area contributed by atoms with Gasteiger partial charge in [0.15, 0.2) is 0 Å². The van der Waals surface area contributed by atoms with E-state index in [4.69, 9.17) is 33.0 Å². The molecule has 0 aliphatic rings. The fourth-order valence-corrected chi connectivity index (χ4v) is 2.69. The highest BCUT2D eigenvalue weighted by Gasteiger charge is 2.15. The van der Waals surface area contributed by atoms with Crippen LogP contribution in [0.1, 0.15) is 23.6 Å². The maximum atomic E-state index is 10.9. The number of ether oxygens (including phenoxy) is 1. The lowest BCUT2D eigenvalue weighted by molar-refractivity contribution is -0.139. The van der Waals surface area contributed by atoms with Gasteiger partial charge in [-0.3, -0.25) is 4.79 Å². The summed E-state index contributed by atoms with van der Waals surface area (Å²) in [7, 11) is 0. The van der Waals surface area contributed by atoms with Gasteiger partial charge in [-0.2, -0.15) is 0 Å². The Hall–Kier alpha value is -1.75. The third-order valence-electron chi connectivity index (χ3n) is 3.56. The number of nitrogens with one attached hydrogen (secondary N) is 1. The van der Waals surface area contributed by atoms with Crippen LogP contribution in [0.3, 0.4) is 0 Å². The van der Waals surface area contributed by atoms with Crippen molar-refractivity contribution in [1.29, 1.82) is 0 Å². The number of aryl methyl sites for hydroxylation is 1. The van der Waals surface area contributed by atoms with Crippen LogP contribution in [0.15, 0.2) is 36.4 Å². The average molecular weight is 368 g/mol. The fourth-order valence-electron chi connectivity index (χ4n) is 2.10. The first kappa shape index (κ1) is 18.6. The number of benzene rings is 2. The minimum absolute atomic E-state index is 0.289. The quantitative estimate of drug-likeness (QED) is 0.759. The maximum absolute atomic E-state index is 10.9. The molecule has 0 aliphatic carbocycles. The molecule has 0 amide bonds. The van der Waals surface area contributed by atoms with Crippen LogP contribution in [-0.4, -0.2) is 17.1 Å². The molecule has 128 valence electrons. The minimum Gasteiger partial charge on any atom is -0.487 e. The molecular weight excluding hydrogens is 349 g/mol. The summed E-state index contributed by atoms with van der Waals surface area (Å²) in [5.41, 5.74) is 2.91. The minimum atomic E-state index is -0.926. The SMILES string of the molecule is Cc1ccc(COc2c(Cl)cc(Cl)cc2CNC(C)C(=O)O)cc1. The van der Waals surface area contributed by atoms with Gasteiger partial charge in [-0.25, -0.2) is 0 Å². The predicted octanol–water partition coefficient (Wildman–Crippen LogP) is 4.44. The number of aliphatic carboxylic acids is 1. The zero-order chi connectivity index (χ0) is 17.7. The van der Waals surface area contributed by atoms with Crippen LogP contribution in [-0.2, 0) is 17.9 Å². The summed E-state index contributed by atoms with van der Waals surface area (Å²) in [6.07, 6.45) is 0. The van der Waals surface area contributed by atoms with E-state index >= 15 is 0 Å². The Kier molecular flexibility index (Phi) is 6.49. The average Bonchev–Trinajstić information content (AvgIpc) is 2.52. The summed E-state index contributed by atoms with van der Waals surface area (Å²) in [6.45, 7) is 4.25. The van der Waals surface area contributed by atoms with E-state index in [0.717, 1.165) is 5.56 Å². The van der Waals surface area contributed by atoms with Crippen molar-refractivity contribution in [2.45, 2.75) is 33.0 Å². The highest BCUT2D eigenvalue weighted by atomic mass is 35.5. The summed E-state index contributed by atoms with van der Waals surface area (Å²) in [4.78, 5) is 10.9. The van der Waals surface area contributed by atoms with Gasteiger partial charge >= 0.3 is 5.97 Å². The van der Waals surface area contributed by atoms with E-state index in [9.17, 15) is 4.79 Å². The molecule has 0 heterocycles. The van der Waals surface area contributed by atoms with Gasteiger partial charge in [0.2, 0.25) is 0 Å². The number of carboxylic acids is 1. The van der Waals surface area contributed by atoms with Crippen LogP contribution in [0.5, 0.6) is 5.75 Å². The first-order valence-corrected chi connectivity index (χ1v) is 8.25. The molecule has 0 aromatic heterocycles. The Labute approximate surface area is 151 Å². The van der Waals surface area contributed by atoms with Gasteiger partial charge in [0.05, 0.1) is 5.02 Å². The summed E-state index contributed by atoms with van der Waals surface area (Å²) in [6, 6.07) is 10.6. The molecule has 0 radical (unpaired) electrons. The smallest absolute Gasteiger partial charge is 0.320 e. The van der Waals surface area contributed by atoms with Crippen molar-refractivity contribution in [2.75, 3.05) is 0 Å². The summed E-state index contributed by atoms with van der Waals surface area (Å²) >= 11 is 12.3. The summed E-state index contributed by atoms with van der Waals surface area (Å²) < 4.78 is 5.86. The topological polar surface area (TPSA) is 58.6 Å². The zero-order valence-corrected chi connectivity index (χ0v) is 15.0. The lowest BCUT2D eigenvalue weighted by atomic mass is 10.1. The second-order valence-electron chi connectivity index (χ2n) is 5.59. The first-order chi connectivity index (χ1) is 11.4. The molecule has 4 nitrogen and oxygen atoms in total. The number of carbonyl (C=O) groups is 1. The van der Waals surface area contributed by atoms with E-state index in [1.807, 2.05) is 31.2 Å². The third kappa shape index (κ3) is 5.13. The predicted molar refractivity (Wildman–Crippen MR) is 95.9 cm³/mol. The second-order valence-corrected chi connectivity index (χ2v) is 6.43. The van der Waals surface area contributed by atoms with Crippen LogP contribution >= 0.6 is 23.2 Å². The summed E-state index contributed by atoms with van der Waals surface area (Å²) in [5.74, 6) is -0.419. The molecule has 0 saturated heterocycles. The van der Waals surface area contributed by atoms with Crippen molar-refractivity contribution < 1.29 is 14.6 Å². The highest BCUT2D eigenvalue weighted by Crippen LogP contribution is 2.33. The summed E-state index contributed by atoms with van der Waals surface area (Å²) in [5, 5.41) is 12.7. The molecular formula is C18H19Cl2NO3. The Morgan fingerprint density at radius 2 is 1.92 bits per heavy atom. The van der Waals surface area contributed by atoms with Crippen molar-refractivity contribution in [3.63, 3.8) is 0 Å². The van der Waals surface area contributed by atoms with Gasteiger partial charge in [0, 0.05) is 17.1 Å². The second kappa shape index (κ2) is 8.38. The highest BCUT2D eigenvalue weighted by molar-refractivity contribution is 6.35. The number of halogens is 2. The van der Waals surface area contributed by atoms with Crippen molar-refractivity contribution in [3.05, 3.63) is 63.1 Å². The molecule has 1 atom stereocenters. The van der Waals surface area contributed by atoms with E-state index < -0.39 is 12.0 Å². The normalized spacial score (nSPS) is 12.0. The Morgan fingerprint density at radius 1 is 1.25 bits per heavy atom.